The van der Waals surface area contributed by atoms with Gasteiger partial charge in [0.25, 0.3) is 5.69 Å². The van der Waals surface area contributed by atoms with Crippen LogP contribution in [0.2, 0.25) is 0 Å². The second-order valence-electron chi connectivity index (χ2n) is 3.49. The molecule has 0 unspecified atom stereocenters. The number of nitro groups is 1. The summed E-state index contributed by atoms with van der Waals surface area (Å²) in [7, 11) is 0. The van der Waals surface area contributed by atoms with E-state index in [-0.39, 0.29) is 17.2 Å². The average molecular weight is 224 g/mol. The lowest BCUT2D eigenvalue weighted by Crippen LogP contribution is -2.15. The van der Waals surface area contributed by atoms with Crippen LogP contribution in [0.4, 0.5) is 5.69 Å². The van der Waals surface area contributed by atoms with Gasteiger partial charge in [-0.05, 0) is 19.4 Å². The van der Waals surface area contributed by atoms with E-state index in [2.05, 4.69) is 5.32 Å². The monoisotopic (exact) mass is 224 g/mol. The van der Waals surface area contributed by atoms with E-state index in [1.165, 1.54) is 6.07 Å². The minimum atomic E-state index is -0.370. The molecule has 0 aliphatic rings. The van der Waals surface area contributed by atoms with Crippen LogP contribution in [0, 0.1) is 10.1 Å². The van der Waals surface area contributed by atoms with Gasteiger partial charge in [-0.3, -0.25) is 10.1 Å². The zero-order valence-electron chi connectivity index (χ0n) is 9.06. The van der Waals surface area contributed by atoms with Crippen LogP contribution in [0.15, 0.2) is 24.3 Å². The van der Waals surface area contributed by atoms with Crippen LogP contribution in [0.3, 0.4) is 0 Å². The lowest BCUT2D eigenvalue weighted by Gasteiger charge is -2.04. The lowest BCUT2D eigenvalue weighted by molar-refractivity contribution is -0.385. The van der Waals surface area contributed by atoms with Crippen molar-refractivity contribution >= 4 is 5.69 Å². The maximum atomic E-state index is 10.7. The zero-order chi connectivity index (χ0) is 11.8. The highest BCUT2D eigenvalue weighted by atomic mass is 16.6. The summed E-state index contributed by atoms with van der Waals surface area (Å²) in [5, 5.41) is 22.4. The molecule has 88 valence electrons. The minimum Gasteiger partial charge on any atom is -0.396 e. The summed E-state index contributed by atoms with van der Waals surface area (Å²) in [6.07, 6.45) is 1.63. The largest absolute Gasteiger partial charge is 0.396 e. The van der Waals surface area contributed by atoms with Crippen molar-refractivity contribution < 1.29 is 10.0 Å². The second kappa shape index (κ2) is 6.92. The Labute approximate surface area is 94.3 Å². The van der Waals surface area contributed by atoms with Crippen molar-refractivity contribution in [1.29, 1.82) is 0 Å². The van der Waals surface area contributed by atoms with E-state index in [1.807, 2.05) is 0 Å². The Balaban J connectivity index is 2.44. The van der Waals surface area contributed by atoms with Gasteiger partial charge in [0.05, 0.1) is 4.92 Å². The van der Waals surface area contributed by atoms with E-state index in [4.69, 9.17) is 5.11 Å². The van der Waals surface area contributed by atoms with Gasteiger partial charge in [0, 0.05) is 24.8 Å². The third-order valence-electron chi connectivity index (χ3n) is 2.27. The molecular formula is C11H16N2O3. The predicted molar refractivity (Wildman–Crippen MR) is 61.1 cm³/mol. The quantitative estimate of drug-likeness (QED) is 0.417. The first kappa shape index (κ1) is 12.6. The number of aliphatic hydroxyl groups excluding tert-OH is 1. The number of aliphatic hydroxyl groups is 1. The molecule has 0 saturated heterocycles. The summed E-state index contributed by atoms with van der Waals surface area (Å²) in [6.45, 7) is 1.43. The van der Waals surface area contributed by atoms with E-state index in [0.717, 1.165) is 19.4 Å². The van der Waals surface area contributed by atoms with Crippen LogP contribution in [-0.4, -0.2) is 23.2 Å². The number of hydrogen-bond donors (Lipinski definition) is 2. The molecule has 5 heteroatoms. The van der Waals surface area contributed by atoms with Crippen LogP contribution in [0.5, 0.6) is 0 Å². The number of para-hydroxylation sites is 1. The molecule has 0 aliphatic heterocycles. The van der Waals surface area contributed by atoms with E-state index in [9.17, 15) is 10.1 Å². The molecule has 0 fully saturated rings. The highest BCUT2D eigenvalue weighted by Gasteiger charge is 2.10. The van der Waals surface area contributed by atoms with Gasteiger partial charge in [0.15, 0.2) is 0 Å². The molecule has 0 amide bonds. The van der Waals surface area contributed by atoms with Gasteiger partial charge in [-0.2, -0.15) is 0 Å². The van der Waals surface area contributed by atoms with Crippen molar-refractivity contribution in [2.75, 3.05) is 13.2 Å². The van der Waals surface area contributed by atoms with E-state index >= 15 is 0 Å². The van der Waals surface area contributed by atoms with Gasteiger partial charge in [-0.1, -0.05) is 18.2 Å². The summed E-state index contributed by atoms with van der Waals surface area (Å²) < 4.78 is 0. The molecule has 0 heterocycles. The van der Waals surface area contributed by atoms with Crippen LogP contribution < -0.4 is 5.32 Å². The fourth-order valence-corrected chi connectivity index (χ4v) is 1.42. The molecule has 0 bridgehead atoms. The van der Waals surface area contributed by atoms with Crippen molar-refractivity contribution in [2.24, 2.45) is 0 Å². The van der Waals surface area contributed by atoms with Crippen molar-refractivity contribution in [2.45, 2.75) is 19.4 Å². The molecule has 2 N–H and O–H groups in total. The third-order valence-corrected chi connectivity index (χ3v) is 2.27. The molecule has 0 atom stereocenters. The Bertz CT molecular complexity index is 342. The van der Waals surface area contributed by atoms with Gasteiger partial charge in [0.2, 0.25) is 0 Å². The maximum absolute atomic E-state index is 10.7. The Morgan fingerprint density at radius 1 is 1.31 bits per heavy atom. The molecule has 5 nitrogen and oxygen atoms in total. The smallest absolute Gasteiger partial charge is 0.273 e. The first-order chi connectivity index (χ1) is 7.75. The predicted octanol–water partition coefficient (Wildman–Crippen LogP) is 1.46. The second-order valence-corrected chi connectivity index (χ2v) is 3.49. The van der Waals surface area contributed by atoms with Gasteiger partial charge in [-0.25, -0.2) is 0 Å². The van der Waals surface area contributed by atoms with E-state index in [0.29, 0.717) is 12.1 Å². The van der Waals surface area contributed by atoms with E-state index < -0.39 is 0 Å². The molecule has 1 aromatic rings. The number of nitro benzene ring substituents is 1. The van der Waals surface area contributed by atoms with Crippen LogP contribution in [-0.2, 0) is 6.54 Å². The molecule has 1 rings (SSSR count). The van der Waals surface area contributed by atoms with Gasteiger partial charge in [0.1, 0.15) is 0 Å². The number of unbranched alkanes of at least 4 members (excludes halogenated alkanes) is 1. The Hall–Kier alpha value is -1.46. The Kier molecular flexibility index (Phi) is 5.45. The van der Waals surface area contributed by atoms with Gasteiger partial charge >= 0.3 is 0 Å². The number of hydrogen-bond acceptors (Lipinski definition) is 4. The summed E-state index contributed by atoms with van der Waals surface area (Å²) >= 11 is 0. The molecule has 0 radical (unpaired) electrons. The summed E-state index contributed by atoms with van der Waals surface area (Å²) in [4.78, 5) is 10.3. The first-order valence-electron chi connectivity index (χ1n) is 5.29. The highest BCUT2D eigenvalue weighted by molar-refractivity contribution is 5.39. The number of nitrogens with zero attached hydrogens (tertiary/aromatic N) is 1. The highest BCUT2D eigenvalue weighted by Crippen LogP contribution is 2.16. The van der Waals surface area contributed by atoms with Gasteiger partial charge < -0.3 is 10.4 Å². The molecule has 0 spiro atoms. The number of benzene rings is 1. The minimum absolute atomic E-state index is 0.150. The topological polar surface area (TPSA) is 75.4 Å². The van der Waals surface area contributed by atoms with Crippen molar-refractivity contribution in [1.82, 2.24) is 5.32 Å². The molecule has 0 saturated carbocycles. The maximum Gasteiger partial charge on any atom is 0.273 e. The Morgan fingerprint density at radius 2 is 2.06 bits per heavy atom. The number of nitrogens with one attached hydrogen (secondary N) is 1. The van der Waals surface area contributed by atoms with Crippen LogP contribution >= 0.6 is 0 Å². The fourth-order valence-electron chi connectivity index (χ4n) is 1.42. The normalized spacial score (nSPS) is 10.3. The molecule has 1 aromatic carbocycles. The van der Waals surface area contributed by atoms with Crippen LogP contribution in [0.25, 0.3) is 0 Å². The lowest BCUT2D eigenvalue weighted by atomic mass is 10.2. The number of rotatable bonds is 7. The third kappa shape index (κ3) is 3.96. The van der Waals surface area contributed by atoms with Crippen molar-refractivity contribution in [3.63, 3.8) is 0 Å². The first-order valence-corrected chi connectivity index (χ1v) is 5.29. The molecule has 0 aliphatic carbocycles. The standard InChI is InChI=1S/C11H16N2O3/c14-8-4-3-7-12-9-10-5-1-2-6-11(10)13(15)16/h1-2,5-6,12,14H,3-4,7-9H2. The van der Waals surface area contributed by atoms with E-state index in [1.54, 1.807) is 18.2 Å². The van der Waals surface area contributed by atoms with Crippen molar-refractivity contribution in [3.05, 3.63) is 39.9 Å². The summed E-state index contributed by atoms with van der Waals surface area (Å²) in [5.74, 6) is 0. The SMILES string of the molecule is O=[N+]([O-])c1ccccc1CNCCCCO. The average Bonchev–Trinajstić information content (AvgIpc) is 2.29. The van der Waals surface area contributed by atoms with Gasteiger partial charge in [-0.15, -0.1) is 0 Å². The fraction of sp³-hybridized carbons (Fsp3) is 0.455. The summed E-state index contributed by atoms with van der Waals surface area (Å²) in [5.41, 5.74) is 0.841. The molecular weight excluding hydrogens is 208 g/mol. The van der Waals surface area contributed by atoms with Crippen molar-refractivity contribution in [3.8, 4) is 0 Å². The zero-order valence-corrected chi connectivity index (χ0v) is 9.06. The summed E-state index contributed by atoms with van der Waals surface area (Å²) in [6, 6.07) is 6.70. The van der Waals surface area contributed by atoms with Crippen LogP contribution in [0.1, 0.15) is 18.4 Å². The Morgan fingerprint density at radius 3 is 2.75 bits per heavy atom. The molecule has 0 aromatic heterocycles. The molecule has 16 heavy (non-hydrogen) atoms.